The maximum atomic E-state index is 2.49. The van der Waals surface area contributed by atoms with E-state index in [-0.39, 0.29) is 5.41 Å². The Bertz CT molecular complexity index is 2000. The van der Waals surface area contributed by atoms with Gasteiger partial charge in [-0.05, 0) is 82.5 Å². The minimum absolute atomic E-state index is 0.345. The highest BCUT2D eigenvalue weighted by Gasteiger charge is 2.48. The lowest BCUT2D eigenvalue weighted by Gasteiger charge is -2.39. The van der Waals surface area contributed by atoms with Crippen LogP contribution in [0.4, 0.5) is 0 Å². The molecule has 2 aliphatic rings. The molecular weight excluding hydrogens is 482 g/mol. The van der Waals surface area contributed by atoms with E-state index >= 15 is 0 Å². The summed E-state index contributed by atoms with van der Waals surface area (Å²) < 4.78 is 2.47. The number of fused-ring (bicyclic) bond motifs is 6. The highest BCUT2D eigenvalue weighted by atomic mass is 15.0. The maximum Gasteiger partial charge on any atom is 0.0679 e. The first-order valence-corrected chi connectivity index (χ1v) is 14.4. The Hall–Kier alpha value is -4.62. The van der Waals surface area contributed by atoms with Crippen molar-refractivity contribution in [2.45, 2.75) is 25.7 Å². The number of benzene rings is 5. The summed E-state index contributed by atoms with van der Waals surface area (Å²) in [6.07, 6.45) is 8.03. The van der Waals surface area contributed by atoms with Gasteiger partial charge in [0.2, 0.25) is 0 Å². The number of hydrogen-bond acceptors (Lipinski definition) is 0. The van der Waals surface area contributed by atoms with Crippen LogP contribution in [0.5, 0.6) is 0 Å². The molecule has 0 saturated heterocycles. The first-order chi connectivity index (χ1) is 19.7. The van der Waals surface area contributed by atoms with Crippen molar-refractivity contribution >= 4 is 21.8 Å². The smallest absolute Gasteiger partial charge is 0.0679 e. The van der Waals surface area contributed by atoms with Gasteiger partial charge < -0.3 is 4.57 Å². The van der Waals surface area contributed by atoms with Crippen LogP contribution in [0.25, 0.3) is 38.6 Å². The molecule has 1 heterocycles. The average molecular weight is 514 g/mol. The van der Waals surface area contributed by atoms with E-state index in [1.807, 2.05) is 0 Å². The lowest BCUT2D eigenvalue weighted by molar-refractivity contribution is 0.576. The van der Waals surface area contributed by atoms with E-state index in [4.69, 9.17) is 0 Å². The number of hydrogen-bond donors (Lipinski definition) is 0. The van der Waals surface area contributed by atoms with Crippen molar-refractivity contribution in [2.75, 3.05) is 0 Å². The summed E-state index contributed by atoms with van der Waals surface area (Å²) in [5.41, 5.74) is 12.9. The molecular formula is C39H31N. The van der Waals surface area contributed by atoms with Gasteiger partial charge >= 0.3 is 0 Å². The van der Waals surface area contributed by atoms with E-state index in [9.17, 15) is 0 Å². The first-order valence-electron chi connectivity index (χ1n) is 14.4. The Morgan fingerprint density at radius 2 is 1.43 bits per heavy atom. The molecule has 192 valence electrons. The second kappa shape index (κ2) is 8.69. The van der Waals surface area contributed by atoms with Crippen LogP contribution >= 0.6 is 0 Å². The molecule has 0 spiro atoms. The van der Waals surface area contributed by atoms with Gasteiger partial charge in [0.1, 0.15) is 0 Å². The summed E-state index contributed by atoms with van der Waals surface area (Å²) in [6, 6.07) is 43.1. The Morgan fingerprint density at radius 3 is 2.30 bits per heavy atom. The van der Waals surface area contributed by atoms with Gasteiger partial charge in [-0.1, -0.05) is 116 Å². The number of allylic oxidation sites excluding steroid dienone is 4. The van der Waals surface area contributed by atoms with Gasteiger partial charge in [0.15, 0.2) is 0 Å². The molecule has 1 aromatic heterocycles. The molecule has 8 rings (SSSR count). The molecule has 2 aliphatic carbocycles. The lowest BCUT2D eigenvalue weighted by Crippen LogP contribution is -2.33. The fourth-order valence-corrected chi connectivity index (χ4v) is 7.48. The van der Waals surface area contributed by atoms with Crippen LogP contribution in [0.15, 0.2) is 139 Å². The first kappa shape index (κ1) is 23.3. The highest BCUT2D eigenvalue weighted by molar-refractivity contribution is 6.09. The minimum atomic E-state index is -0.345. The minimum Gasteiger partial charge on any atom is -0.309 e. The quantitative estimate of drug-likeness (QED) is 0.222. The van der Waals surface area contributed by atoms with Crippen molar-refractivity contribution in [1.82, 2.24) is 4.57 Å². The largest absolute Gasteiger partial charge is 0.309 e. The number of aromatic nitrogens is 1. The Labute approximate surface area is 235 Å². The maximum absolute atomic E-state index is 2.49. The van der Waals surface area contributed by atoms with E-state index in [1.54, 1.807) is 0 Å². The molecule has 2 atom stereocenters. The van der Waals surface area contributed by atoms with Crippen LogP contribution in [0, 0.1) is 12.8 Å². The monoisotopic (exact) mass is 513 g/mol. The third-order valence-corrected chi connectivity index (χ3v) is 9.19. The van der Waals surface area contributed by atoms with Crippen LogP contribution < -0.4 is 0 Å². The standard InChI is InChI=1S/C39H31N/c1-26-20-22-33-32-16-8-11-19-37(32)40(38(33)24-26)29-21-23-31-30-15-7-10-18-35(30)39(36(31)25-29,28-13-4-3-5-14-28)34-17-9-6-12-27(34)2/h3-11,13-25,27H,12H2,1-2H3. The van der Waals surface area contributed by atoms with Crippen molar-refractivity contribution in [3.8, 4) is 16.8 Å². The van der Waals surface area contributed by atoms with Crippen molar-refractivity contribution in [1.29, 1.82) is 0 Å². The van der Waals surface area contributed by atoms with Gasteiger partial charge in [0.05, 0.1) is 16.4 Å². The summed E-state index contributed by atoms with van der Waals surface area (Å²) >= 11 is 0. The molecule has 1 heteroatoms. The number of aryl methyl sites for hydroxylation is 1. The molecule has 0 amide bonds. The number of rotatable bonds is 3. The molecule has 0 N–H and O–H groups in total. The van der Waals surface area contributed by atoms with E-state index < -0.39 is 0 Å². The van der Waals surface area contributed by atoms with Gasteiger partial charge in [-0.3, -0.25) is 0 Å². The topological polar surface area (TPSA) is 4.93 Å². The summed E-state index contributed by atoms with van der Waals surface area (Å²) in [6.45, 7) is 4.58. The molecule has 0 bridgehead atoms. The Balaban J connectivity index is 1.50. The average Bonchev–Trinajstić information content (AvgIpc) is 3.48. The molecule has 0 aliphatic heterocycles. The molecule has 0 saturated carbocycles. The fourth-order valence-electron chi connectivity index (χ4n) is 7.48. The molecule has 2 unspecified atom stereocenters. The van der Waals surface area contributed by atoms with Gasteiger partial charge in [-0.25, -0.2) is 0 Å². The van der Waals surface area contributed by atoms with Gasteiger partial charge in [-0.2, -0.15) is 0 Å². The lowest BCUT2D eigenvalue weighted by atomic mass is 9.63. The molecule has 1 nitrogen and oxygen atoms in total. The van der Waals surface area contributed by atoms with E-state index in [1.165, 1.54) is 66.4 Å². The second-order valence-electron chi connectivity index (χ2n) is 11.5. The SMILES string of the molecule is Cc1ccc2c3ccccc3n(-c3ccc4c(c3)C(C3=CC=CCC3C)(c3ccccc3)c3ccccc3-4)c2c1. The summed E-state index contributed by atoms with van der Waals surface area (Å²) in [5.74, 6) is 0.434. The van der Waals surface area contributed by atoms with Crippen molar-refractivity contribution in [2.24, 2.45) is 5.92 Å². The highest BCUT2D eigenvalue weighted by Crippen LogP contribution is 2.58. The summed E-state index contributed by atoms with van der Waals surface area (Å²) in [7, 11) is 0. The Morgan fingerprint density at radius 1 is 0.675 bits per heavy atom. The van der Waals surface area contributed by atoms with E-state index in [2.05, 4.69) is 152 Å². The summed E-state index contributed by atoms with van der Waals surface area (Å²) in [4.78, 5) is 0. The third-order valence-electron chi connectivity index (χ3n) is 9.19. The third kappa shape index (κ3) is 3.09. The van der Waals surface area contributed by atoms with Gasteiger partial charge in [0.25, 0.3) is 0 Å². The van der Waals surface area contributed by atoms with E-state index in [0.717, 1.165) is 6.42 Å². The predicted molar refractivity (Wildman–Crippen MR) is 168 cm³/mol. The zero-order chi connectivity index (χ0) is 26.8. The van der Waals surface area contributed by atoms with Crippen LogP contribution in [-0.2, 0) is 5.41 Å². The van der Waals surface area contributed by atoms with Crippen LogP contribution in [0.1, 0.15) is 35.6 Å². The molecule has 5 aromatic carbocycles. The fraction of sp³-hybridized carbons (Fsp3) is 0.128. The van der Waals surface area contributed by atoms with Crippen LogP contribution in [0.2, 0.25) is 0 Å². The normalized spacial score (nSPS) is 19.6. The van der Waals surface area contributed by atoms with Gasteiger partial charge in [-0.15, -0.1) is 0 Å². The molecule has 6 aromatic rings. The van der Waals surface area contributed by atoms with Crippen molar-refractivity contribution in [3.05, 3.63) is 161 Å². The van der Waals surface area contributed by atoms with Crippen molar-refractivity contribution in [3.63, 3.8) is 0 Å². The summed E-state index contributed by atoms with van der Waals surface area (Å²) in [5, 5.41) is 2.59. The number of para-hydroxylation sites is 1. The van der Waals surface area contributed by atoms with Gasteiger partial charge in [0, 0.05) is 16.5 Å². The zero-order valence-electron chi connectivity index (χ0n) is 22.9. The van der Waals surface area contributed by atoms with E-state index in [0.29, 0.717) is 5.92 Å². The molecule has 0 radical (unpaired) electrons. The van der Waals surface area contributed by atoms with Crippen LogP contribution in [-0.4, -0.2) is 4.57 Å². The Kier molecular flexibility index (Phi) is 5.06. The molecule has 40 heavy (non-hydrogen) atoms. The van der Waals surface area contributed by atoms with Crippen LogP contribution in [0.3, 0.4) is 0 Å². The zero-order valence-corrected chi connectivity index (χ0v) is 22.9. The predicted octanol–water partition coefficient (Wildman–Crippen LogP) is 9.93. The van der Waals surface area contributed by atoms with Crippen molar-refractivity contribution < 1.29 is 0 Å². The second-order valence-corrected chi connectivity index (χ2v) is 11.5. The number of nitrogens with zero attached hydrogens (tertiary/aromatic N) is 1. The molecule has 0 fully saturated rings.